The molecule has 2 heterocycles. The molecule has 5 heteroatoms. The van der Waals surface area contributed by atoms with E-state index in [0.29, 0.717) is 11.3 Å². The molecule has 17 heavy (non-hydrogen) atoms. The van der Waals surface area contributed by atoms with E-state index in [1.54, 1.807) is 6.20 Å². The molecule has 0 aromatic carbocycles. The quantitative estimate of drug-likeness (QED) is 0.567. The third-order valence-electron chi connectivity index (χ3n) is 2.06. The number of rotatable bonds is 0. The van der Waals surface area contributed by atoms with E-state index in [9.17, 15) is 0 Å². The van der Waals surface area contributed by atoms with Gasteiger partial charge < -0.3 is 5.73 Å². The lowest BCUT2D eigenvalue weighted by Gasteiger charge is -1.97. The Hall–Kier alpha value is -2.12. The number of hydrogen-bond donors (Lipinski definition) is 1. The van der Waals surface area contributed by atoms with Crippen LogP contribution in [0.25, 0.3) is 0 Å². The highest BCUT2D eigenvalue weighted by Gasteiger charge is 2.03. The van der Waals surface area contributed by atoms with E-state index in [1.165, 1.54) is 6.33 Å². The van der Waals surface area contributed by atoms with E-state index in [1.807, 2.05) is 19.1 Å². The van der Waals surface area contributed by atoms with Crippen LogP contribution in [0.1, 0.15) is 16.8 Å². The molecule has 0 radical (unpaired) electrons. The van der Waals surface area contributed by atoms with Crippen LogP contribution in [-0.4, -0.2) is 15.0 Å². The van der Waals surface area contributed by atoms with Crippen LogP contribution >= 0.6 is 11.6 Å². The minimum atomic E-state index is 0.248. The summed E-state index contributed by atoms with van der Waals surface area (Å²) in [6, 6.07) is 3.78. The summed E-state index contributed by atoms with van der Waals surface area (Å²) in [4.78, 5) is 11.8. The van der Waals surface area contributed by atoms with Gasteiger partial charge in [0.2, 0.25) is 0 Å². The molecule has 0 aliphatic heterocycles. The van der Waals surface area contributed by atoms with Crippen LogP contribution in [0.15, 0.2) is 24.7 Å². The largest absolute Gasteiger partial charge is 0.383 e. The van der Waals surface area contributed by atoms with Crippen LogP contribution in [0.2, 0.25) is 5.15 Å². The average Bonchev–Trinajstić information content (AvgIpc) is 2.28. The Labute approximate surface area is 104 Å². The molecule has 0 spiro atoms. The fraction of sp³-hybridized carbons (Fsp3) is 0.0833. The summed E-state index contributed by atoms with van der Waals surface area (Å²) in [7, 11) is 0. The number of hydrogen-bond acceptors (Lipinski definition) is 4. The van der Waals surface area contributed by atoms with E-state index in [4.69, 9.17) is 17.3 Å². The van der Waals surface area contributed by atoms with Gasteiger partial charge in [-0.15, -0.1) is 0 Å². The fourth-order valence-corrected chi connectivity index (χ4v) is 1.41. The Morgan fingerprint density at radius 1 is 1.24 bits per heavy atom. The van der Waals surface area contributed by atoms with E-state index < -0.39 is 0 Å². The van der Waals surface area contributed by atoms with Gasteiger partial charge in [-0.2, -0.15) is 0 Å². The normalized spacial score (nSPS) is 9.53. The number of halogens is 1. The Bertz CT molecular complexity index is 593. The van der Waals surface area contributed by atoms with Gasteiger partial charge in [0.1, 0.15) is 28.6 Å². The number of pyridine rings is 1. The molecule has 2 rings (SSSR count). The summed E-state index contributed by atoms with van der Waals surface area (Å²) < 4.78 is 0. The molecule has 4 nitrogen and oxygen atoms in total. The van der Waals surface area contributed by atoms with Crippen molar-refractivity contribution in [2.45, 2.75) is 6.92 Å². The molecule has 0 fully saturated rings. The second kappa shape index (κ2) is 4.81. The molecule has 2 aromatic rings. The molecule has 0 bridgehead atoms. The lowest BCUT2D eigenvalue weighted by molar-refractivity contribution is 1.17. The summed E-state index contributed by atoms with van der Waals surface area (Å²) in [5, 5.41) is 0.248. The zero-order valence-electron chi connectivity index (χ0n) is 9.11. The SMILES string of the molecule is Cc1ccnc(C#Cc2c(N)ncnc2Cl)c1. The molecule has 0 saturated carbocycles. The van der Waals surface area contributed by atoms with E-state index in [2.05, 4.69) is 26.8 Å². The number of aryl methyl sites for hydroxylation is 1. The minimum Gasteiger partial charge on any atom is -0.383 e. The van der Waals surface area contributed by atoms with Crippen molar-refractivity contribution in [1.82, 2.24) is 15.0 Å². The summed E-state index contributed by atoms with van der Waals surface area (Å²) in [5.41, 5.74) is 7.83. The van der Waals surface area contributed by atoms with Crippen LogP contribution < -0.4 is 5.73 Å². The number of nitrogens with zero attached hydrogens (tertiary/aromatic N) is 3. The van der Waals surface area contributed by atoms with Crippen LogP contribution in [0, 0.1) is 18.8 Å². The fourth-order valence-electron chi connectivity index (χ4n) is 1.22. The predicted molar refractivity (Wildman–Crippen MR) is 66.4 cm³/mol. The molecule has 0 atom stereocenters. The van der Waals surface area contributed by atoms with E-state index in [0.717, 1.165) is 5.56 Å². The molecular weight excluding hydrogens is 236 g/mol. The molecule has 0 aliphatic rings. The molecule has 84 valence electrons. The lowest BCUT2D eigenvalue weighted by atomic mass is 10.2. The van der Waals surface area contributed by atoms with Crippen molar-refractivity contribution in [2.24, 2.45) is 0 Å². The topological polar surface area (TPSA) is 64.7 Å². The highest BCUT2D eigenvalue weighted by atomic mass is 35.5. The number of anilines is 1. The highest BCUT2D eigenvalue weighted by Crippen LogP contribution is 2.15. The van der Waals surface area contributed by atoms with Crippen molar-refractivity contribution in [3.63, 3.8) is 0 Å². The first-order valence-electron chi connectivity index (χ1n) is 4.87. The van der Waals surface area contributed by atoms with Gasteiger partial charge in [-0.05, 0) is 30.5 Å². The van der Waals surface area contributed by atoms with Crippen molar-refractivity contribution in [3.05, 3.63) is 46.6 Å². The van der Waals surface area contributed by atoms with Gasteiger partial charge in [-0.1, -0.05) is 17.5 Å². The number of nitrogens with two attached hydrogens (primary N) is 1. The lowest BCUT2D eigenvalue weighted by Crippen LogP contribution is -1.96. The van der Waals surface area contributed by atoms with Gasteiger partial charge in [-0.3, -0.25) is 0 Å². The first-order valence-corrected chi connectivity index (χ1v) is 5.25. The average molecular weight is 245 g/mol. The molecule has 2 aromatic heterocycles. The van der Waals surface area contributed by atoms with Crippen molar-refractivity contribution in [2.75, 3.05) is 5.73 Å². The van der Waals surface area contributed by atoms with E-state index in [-0.39, 0.29) is 11.0 Å². The van der Waals surface area contributed by atoms with E-state index >= 15 is 0 Å². The van der Waals surface area contributed by atoms with Gasteiger partial charge in [0.05, 0.1) is 0 Å². The predicted octanol–water partition coefficient (Wildman–Crippen LogP) is 1.82. The van der Waals surface area contributed by atoms with Crippen molar-refractivity contribution < 1.29 is 0 Å². The van der Waals surface area contributed by atoms with Gasteiger partial charge in [0.15, 0.2) is 0 Å². The zero-order valence-corrected chi connectivity index (χ0v) is 9.86. The third kappa shape index (κ3) is 2.71. The summed E-state index contributed by atoms with van der Waals surface area (Å²) in [6.07, 6.45) is 3.00. The van der Waals surface area contributed by atoms with Crippen LogP contribution in [0.5, 0.6) is 0 Å². The van der Waals surface area contributed by atoms with Crippen molar-refractivity contribution >= 4 is 17.4 Å². The summed E-state index contributed by atoms with van der Waals surface area (Å²) in [5.74, 6) is 5.98. The minimum absolute atomic E-state index is 0.248. The maximum Gasteiger partial charge on any atom is 0.150 e. The van der Waals surface area contributed by atoms with Gasteiger partial charge in [0, 0.05) is 6.20 Å². The molecule has 0 saturated heterocycles. The van der Waals surface area contributed by atoms with Crippen molar-refractivity contribution in [3.8, 4) is 11.8 Å². The van der Waals surface area contributed by atoms with Crippen LogP contribution in [0.3, 0.4) is 0 Å². The monoisotopic (exact) mass is 244 g/mol. The van der Waals surface area contributed by atoms with Gasteiger partial charge >= 0.3 is 0 Å². The third-order valence-corrected chi connectivity index (χ3v) is 2.35. The van der Waals surface area contributed by atoms with Crippen LogP contribution in [0.4, 0.5) is 5.82 Å². The van der Waals surface area contributed by atoms with Crippen LogP contribution in [-0.2, 0) is 0 Å². The maximum absolute atomic E-state index is 5.87. The van der Waals surface area contributed by atoms with Gasteiger partial charge in [0.25, 0.3) is 0 Å². The number of nitrogen functional groups attached to an aromatic ring is 1. The molecular formula is C12H9ClN4. The highest BCUT2D eigenvalue weighted by molar-refractivity contribution is 6.30. The second-order valence-electron chi connectivity index (χ2n) is 3.39. The summed E-state index contributed by atoms with van der Waals surface area (Å²) in [6.45, 7) is 1.97. The second-order valence-corrected chi connectivity index (χ2v) is 3.75. The molecule has 0 aliphatic carbocycles. The first-order chi connectivity index (χ1) is 8.16. The Balaban J connectivity index is 2.40. The van der Waals surface area contributed by atoms with Crippen molar-refractivity contribution in [1.29, 1.82) is 0 Å². The zero-order chi connectivity index (χ0) is 12.3. The molecule has 0 unspecified atom stereocenters. The first kappa shape index (κ1) is 11.4. The standard InChI is InChI=1S/C12H9ClN4/c1-8-4-5-15-9(6-8)2-3-10-11(13)16-7-17-12(10)14/h4-7H,1H3,(H2,14,16,17). The Morgan fingerprint density at radius 2 is 2.06 bits per heavy atom. The molecule has 0 amide bonds. The number of aromatic nitrogens is 3. The van der Waals surface area contributed by atoms with Gasteiger partial charge in [-0.25, -0.2) is 15.0 Å². The Morgan fingerprint density at radius 3 is 2.76 bits per heavy atom. The maximum atomic E-state index is 5.87. The Kier molecular flexibility index (Phi) is 3.22. The summed E-state index contributed by atoms with van der Waals surface area (Å²) >= 11 is 5.87. The molecule has 2 N–H and O–H groups in total. The smallest absolute Gasteiger partial charge is 0.150 e.